The maximum Gasteiger partial charge on any atom is 0.434 e. The fourth-order valence-corrected chi connectivity index (χ4v) is 6.77. The maximum absolute atomic E-state index is 15.6. The van der Waals surface area contributed by atoms with Crippen LogP contribution in [0.25, 0.3) is 10.6 Å². The van der Waals surface area contributed by atoms with Crippen molar-refractivity contribution in [3.05, 3.63) is 58.6 Å². The van der Waals surface area contributed by atoms with E-state index in [0.29, 0.717) is 24.2 Å². The molecular formula is C25H26F5N5O3S2. The number of thiazole rings is 1. The van der Waals surface area contributed by atoms with Crippen molar-refractivity contribution in [2.45, 2.75) is 56.3 Å². The Morgan fingerprint density at radius 2 is 1.82 bits per heavy atom. The van der Waals surface area contributed by atoms with Crippen molar-refractivity contribution in [3.63, 3.8) is 0 Å². The molecule has 2 aliphatic rings. The molecule has 8 nitrogen and oxygen atoms in total. The molecule has 2 aromatic heterocycles. The Balaban J connectivity index is 1.33. The summed E-state index contributed by atoms with van der Waals surface area (Å²) in [5, 5.41) is 2.54. The molecule has 0 unspecified atom stereocenters. The number of sulfonamides is 1. The SMILES string of the molecule is CS(=O)(=O)N1CCC(Nc2ncc(F)c(-c3sc(C4(F)CC(OCc5ccccc5)C4)nc3C(F)(F)F)n2)CC1. The molecule has 15 heteroatoms. The van der Waals surface area contributed by atoms with Gasteiger partial charge >= 0.3 is 6.18 Å². The van der Waals surface area contributed by atoms with Crippen molar-refractivity contribution in [3.8, 4) is 10.6 Å². The monoisotopic (exact) mass is 603 g/mol. The number of benzene rings is 1. The average Bonchev–Trinajstić information content (AvgIpc) is 3.34. The summed E-state index contributed by atoms with van der Waals surface area (Å²) in [7, 11) is -3.34. The number of rotatable bonds is 8. The van der Waals surface area contributed by atoms with Crippen LogP contribution in [0.15, 0.2) is 36.5 Å². The molecule has 0 bridgehead atoms. The number of halogens is 5. The Labute approximate surface area is 231 Å². The molecule has 3 heterocycles. The van der Waals surface area contributed by atoms with E-state index in [1.165, 1.54) is 4.31 Å². The van der Waals surface area contributed by atoms with Crippen molar-refractivity contribution >= 4 is 27.3 Å². The van der Waals surface area contributed by atoms with Gasteiger partial charge in [0.15, 0.2) is 17.2 Å². The third-order valence-electron chi connectivity index (χ3n) is 6.93. The highest BCUT2D eigenvalue weighted by atomic mass is 32.2. The molecule has 1 saturated heterocycles. The predicted molar refractivity (Wildman–Crippen MR) is 138 cm³/mol. The summed E-state index contributed by atoms with van der Waals surface area (Å²) >= 11 is 0.418. The standard InChI is InChI=1S/C25H26F5N5O3S2/c1-40(36,37)35-9-7-16(8-10-35)32-23-31-13-18(26)19(33-23)20-21(25(28,29)30)34-22(39-20)24(27)11-17(12-24)38-14-15-5-3-2-4-6-15/h2-6,13,16-17H,7-12,14H2,1H3,(H,31,32,33). The first-order valence-electron chi connectivity index (χ1n) is 12.5. The molecule has 0 spiro atoms. The van der Waals surface area contributed by atoms with Gasteiger partial charge in [0.1, 0.15) is 10.7 Å². The van der Waals surface area contributed by atoms with Gasteiger partial charge in [-0.25, -0.2) is 36.5 Å². The summed E-state index contributed by atoms with van der Waals surface area (Å²) < 4.78 is 103. The minimum Gasteiger partial charge on any atom is -0.373 e. The van der Waals surface area contributed by atoms with Gasteiger partial charge in [-0.1, -0.05) is 30.3 Å². The second-order valence-corrected chi connectivity index (χ2v) is 12.9. The minimum absolute atomic E-state index is 0.120. The van der Waals surface area contributed by atoms with Gasteiger partial charge in [-0.05, 0) is 18.4 Å². The topological polar surface area (TPSA) is 97.3 Å². The maximum atomic E-state index is 15.6. The van der Waals surface area contributed by atoms with Crippen LogP contribution in [0, 0.1) is 5.82 Å². The van der Waals surface area contributed by atoms with Gasteiger partial charge in [-0.2, -0.15) is 13.2 Å². The normalized spacial score (nSPS) is 22.7. The van der Waals surface area contributed by atoms with E-state index in [1.807, 2.05) is 30.3 Å². The molecule has 1 saturated carbocycles. The smallest absolute Gasteiger partial charge is 0.373 e. The van der Waals surface area contributed by atoms with E-state index < -0.39 is 55.1 Å². The highest BCUT2D eigenvalue weighted by Gasteiger charge is 2.51. The van der Waals surface area contributed by atoms with E-state index >= 15 is 4.39 Å². The van der Waals surface area contributed by atoms with E-state index in [9.17, 15) is 26.0 Å². The van der Waals surface area contributed by atoms with Crippen molar-refractivity contribution in [2.24, 2.45) is 0 Å². The quantitative estimate of drug-likeness (QED) is 0.356. The number of nitrogens with zero attached hydrogens (tertiary/aromatic N) is 4. The number of nitrogens with one attached hydrogen (secondary N) is 1. The molecule has 0 atom stereocenters. The van der Waals surface area contributed by atoms with Gasteiger partial charge < -0.3 is 10.1 Å². The first kappa shape index (κ1) is 28.8. The number of anilines is 1. The van der Waals surface area contributed by atoms with Gasteiger partial charge in [0.2, 0.25) is 16.0 Å². The van der Waals surface area contributed by atoms with E-state index in [0.717, 1.165) is 18.0 Å². The summed E-state index contributed by atoms with van der Waals surface area (Å²) in [5.74, 6) is -1.23. The van der Waals surface area contributed by atoms with Gasteiger partial charge in [0, 0.05) is 32.0 Å². The zero-order valence-electron chi connectivity index (χ0n) is 21.3. The third kappa shape index (κ3) is 6.26. The molecule has 0 amide bonds. The lowest BCUT2D eigenvalue weighted by Crippen LogP contribution is -2.42. The number of hydrogen-bond acceptors (Lipinski definition) is 8. The summed E-state index contributed by atoms with van der Waals surface area (Å²) in [4.78, 5) is 10.8. The lowest BCUT2D eigenvalue weighted by atomic mass is 9.79. The Bertz CT molecular complexity index is 1460. The van der Waals surface area contributed by atoms with Crippen molar-refractivity contribution < 1.29 is 35.1 Å². The second kappa shape index (κ2) is 10.9. The zero-order chi connectivity index (χ0) is 28.7. The third-order valence-corrected chi connectivity index (χ3v) is 9.47. The molecule has 1 N–H and O–H groups in total. The van der Waals surface area contributed by atoms with Crippen LogP contribution in [0.3, 0.4) is 0 Å². The second-order valence-electron chi connectivity index (χ2n) is 9.96. The summed E-state index contributed by atoms with van der Waals surface area (Å²) in [6.45, 7) is 0.735. The van der Waals surface area contributed by atoms with Crippen LogP contribution >= 0.6 is 11.3 Å². The summed E-state index contributed by atoms with van der Waals surface area (Å²) in [5.41, 5.74) is -3.30. The van der Waals surface area contributed by atoms with E-state index in [-0.39, 0.29) is 44.5 Å². The minimum atomic E-state index is -4.98. The molecule has 2 fully saturated rings. The summed E-state index contributed by atoms with van der Waals surface area (Å²) in [6.07, 6.45) is -3.15. The molecule has 1 aromatic carbocycles. The first-order chi connectivity index (χ1) is 18.8. The van der Waals surface area contributed by atoms with Gasteiger partial charge in [0.05, 0.1) is 30.0 Å². The van der Waals surface area contributed by atoms with Crippen LogP contribution in [0.1, 0.15) is 41.9 Å². The van der Waals surface area contributed by atoms with Gasteiger partial charge in [0.25, 0.3) is 0 Å². The number of piperidine rings is 1. The van der Waals surface area contributed by atoms with Crippen molar-refractivity contribution in [2.75, 3.05) is 24.7 Å². The summed E-state index contributed by atoms with van der Waals surface area (Å²) in [6, 6.07) is 8.95. The molecule has 5 rings (SSSR count). The molecule has 1 aliphatic heterocycles. The van der Waals surface area contributed by atoms with E-state index in [1.54, 1.807) is 0 Å². The highest BCUT2D eigenvalue weighted by Crippen LogP contribution is 2.51. The molecule has 216 valence electrons. The zero-order valence-corrected chi connectivity index (χ0v) is 22.9. The van der Waals surface area contributed by atoms with Crippen LogP contribution in [0.5, 0.6) is 0 Å². The largest absolute Gasteiger partial charge is 0.434 e. The Hall–Kier alpha value is -2.75. The van der Waals surface area contributed by atoms with Gasteiger partial charge in [-0.3, -0.25) is 0 Å². The van der Waals surface area contributed by atoms with Crippen molar-refractivity contribution in [1.82, 2.24) is 19.3 Å². The molecule has 40 heavy (non-hydrogen) atoms. The predicted octanol–water partition coefficient (Wildman–Crippen LogP) is 5.14. The number of ether oxygens (including phenoxy) is 1. The molecule has 1 aliphatic carbocycles. The van der Waals surface area contributed by atoms with Crippen LogP contribution in [0.4, 0.5) is 27.9 Å². The van der Waals surface area contributed by atoms with Crippen LogP contribution in [0.2, 0.25) is 0 Å². The molecule has 3 aromatic rings. The molecule has 0 radical (unpaired) electrons. The van der Waals surface area contributed by atoms with Crippen LogP contribution < -0.4 is 5.32 Å². The van der Waals surface area contributed by atoms with Crippen LogP contribution in [-0.4, -0.2) is 59.2 Å². The Morgan fingerprint density at radius 1 is 1.15 bits per heavy atom. The fourth-order valence-electron chi connectivity index (χ4n) is 4.72. The first-order valence-corrected chi connectivity index (χ1v) is 15.2. The fraction of sp³-hybridized carbons (Fsp3) is 0.480. The van der Waals surface area contributed by atoms with Crippen LogP contribution in [-0.2, 0) is 33.2 Å². The Kier molecular flexibility index (Phi) is 7.85. The lowest BCUT2D eigenvalue weighted by molar-refractivity contribution is -0.141. The van der Waals surface area contributed by atoms with E-state index in [4.69, 9.17) is 4.74 Å². The lowest BCUT2D eigenvalue weighted by Gasteiger charge is -2.39. The highest BCUT2D eigenvalue weighted by molar-refractivity contribution is 7.88. The van der Waals surface area contributed by atoms with Gasteiger partial charge in [-0.15, -0.1) is 11.3 Å². The van der Waals surface area contributed by atoms with Crippen molar-refractivity contribution in [1.29, 1.82) is 0 Å². The number of hydrogen-bond donors (Lipinski definition) is 1. The average molecular weight is 604 g/mol. The molecular weight excluding hydrogens is 577 g/mol. The van der Waals surface area contributed by atoms with E-state index in [2.05, 4.69) is 20.3 Å². The number of alkyl halides is 4. The number of aromatic nitrogens is 3. The Morgan fingerprint density at radius 3 is 2.45 bits per heavy atom.